The Kier molecular flexibility index (Phi) is 5.01. The van der Waals surface area contributed by atoms with Crippen molar-refractivity contribution < 1.29 is 13.5 Å². The molecule has 2 aromatic heterocycles. The molecule has 2 heterocycles. The first-order valence-electron chi connectivity index (χ1n) is 8.05. The number of pyridine rings is 1. The fourth-order valence-electron chi connectivity index (χ4n) is 2.73. The van der Waals surface area contributed by atoms with Gasteiger partial charge in [0.1, 0.15) is 11.4 Å². The van der Waals surface area contributed by atoms with Gasteiger partial charge in [0, 0.05) is 26.4 Å². The summed E-state index contributed by atoms with van der Waals surface area (Å²) in [7, 11) is 0. The Balaban J connectivity index is 1.76. The van der Waals surface area contributed by atoms with Crippen molar-refractivity contribution in [3.8, 4) is 17.0 Å². The van der Waals surface area contributed by atoms with Crippen LogP contribution in [0, 0.1) is 0 Å². The molecule has 0 radical (unpaired) electrons. The monoisotopic (exact) mass is 402 g/mol. The Morgan fingerprint density at radius 3 is 2.44 bits per heavy atom. The molecule has 0 saturated carbocycles. The van der Waals surface area contributed by atoms with Gasteiger partial charge in [0.15, 0.2) is 0 Å². The molecule has 0 aliphatic carbocycles. The average molecular weight is 403 g/mol. The second-order valence-electron chi connectivity index (χ2n) is 5.69. The zero-order valence-electron chi connectivity index (χ0n) is 13.8. The number of halogens is 3. The molecule has 0 bridgehead atoms. The predicted octanol–water partition coefficient (Wildman–Crippen LogP) is 6.64. The summed E-state index contributed by atoms with van der Waals surface area (Å²) in [6, 6.07) is 18.0. The van der Waals surface area contributed by atoms with E-state index in [2.05, 4.69) is 14.7 Å². The van der Waals surface area contributed by atoms with Gasteiger partial charge in [-0.15, -0.1) is 0 Å². The van der Waals surface area contributed by atoms with Crippen molar-refractivity contribution in [2.45, 2.75) is 16.4 Å². The predicted molar refractivity (Wildman–Crippen MR) is 104 cm³/mol. The Morgan fingerprint density at radius 2 is 1.74 bits per heavy atom. The zero-order valence-corrected chi connectivity index (χ0v) is 15.4. The highest BCUT2D eigenvalue weighted by atomic mass is 35.5. The van der Waals surface area contributed by atoms with E-state index < -0.39 is 6.61 Å². The van der Waals surface area contributed by atoms with Crippen molar-refractivity contribution in [3.05, 3.63) is 71.9 Å². The smallest absolute Gasteiger partial charge is 0.387 e. The Bertz CT molecular complexity index is 1070. The average Bonchev–Trinajstić information content (AvgIpc) is 3.02. The summed E-state index contributed by atoms with van der Waals surface area (Å²) < 4.78 is 29.2. The normalized spacial score (nSPS) is 11.3. The van der Waals surface area contributed by atoms with E-state index in [-0.39, 0.29) is 5.75 Å². The number of nitrogens with zero attached hydrogens (tertiary/aromatic N) is 1. The van der Waals surface area contributed by atoms with Crippen LogP contribution < -0.4 is 4.74 Å². The van der Waals surface area contributed by atoms with Crippen LogP contribution in [-0.4, -0.2) is 16.6 Å². The number of fused-ring (bicyclic) bond motifs is 1. The summed E-state index contributed by atoms with van der Waals surface area (Å²) >= 11 is 7.56. The molecule has 27 heavy (non-hydrogen) atoms. The van der Waals surface area contributed by atoms with Crippen molar-refractivity contribution in [2.24, 2.45) is 0 Å². The number of benzene rings is 2. The van der Waals surface area contributed by atoms with Gasteiger partial charge in [0.05, 0.1) is 5.69 Å². The summed E-state index contributed by atoms with van der Waals surface area (Å²) in [5.74, 6) is 0.120. The summed E-state index contributed by atoms with van der Waals surface area (Å²) in [5, 5.41) is 1.66. The Hall–Kier alpha value is -2.57. The summed E-state index contributed by atoms with van der Waals surface area (Å²) in [6.45, 7) is -2.84. The van der Waals surface area contributed by atoms with Crippen LogP contribution >= 0.6 is 23.4 Å². The fourth-order valence-corrected chi connectivity index (χ4v) is 3.91. The fraction of sp³-hybridized carbons (Fsp3) is 0.0500. The van der Waals surface area contributed by atoms with Crippen LogP contribution in [0.2, 0.25) is 5.02 Å². The molecule has 2 aromatic carbocycles. The van der Waals surface area contributed by atoms with Crippen molar-refractivity contribution in [1.29, 1.82) is 0 Å². The molecule has 7 heteroatoms. The maximum absolute atomic E-state index is 12.4. The van der Waals surface area contributed by atoms with Crippen molar-refractivity contribution in [1.82, 2.24) is 9.97 Å². The van der Waals surface area contributed by atoms with Gasteiger partial charge < -0.3 is 9.72 Å². The van der Waals surface area contributed by atoms with Gasteiger partial charge in [0.2, 0.25) is 0 Å². The van der Waals surface area contributed by atoms with E-state index in [4.69, 9.17) is 11.6 Å². The van der Waals surface area contributed by atoms with Crippen LogP contribution in [-0.2, 0) is 0 Å². The van der Waals surface area contributed by atoms with E-state index >= 15 is 0 Å². The second-order valence-corrected chi connectivity index (χ2v) is 7.21. The van der Waals surface area contributed by atoms with Crippen LogP contribution in [0.5, 0.6) is 5.75 Å². The Labute approximate surface area is 163 Å². The molecule has 3 nitrogen and oxygen atoms in total. The van der Waals surface area contributed by atoms with Gasteiger partial charge in [-0.3, -0.25) is 0 Å². The summed E-state index contributed by atoms with van der Waals surface area (Å²) in [6.07, 6.45) is 1.72. The molecule has 0 saturated heterocycles. The van der Waals surface area contributed by atoms with E-state index in [0.717, 1.165) is 32.1 Å². The molecule has 0 aliphatic heterocycles. The lowest BCUT2D eigenvalue weighted by atomic mass is 10.1. The summed E-state index contributed by atoms with van der Waals surface area (Å²) in [4.78, 5) is 9.75. The second kappa shape index (κ2) is 7.58. The third-order valence-corrected chi connectivity index (χ3v) is 5.31. The number of aromatic amines is 1. The van der Waals surface area contributed by atoms with E-state index in [9.17, 15) is 8.78 Å². The first-order chi connectivity index (χ1) is 13.1. The number of aromatic nitrogens is 2. The first kappa shape index (κ1) is 17.8. The lowest BCUT2D eigenvalue weighted by Crippen LogP contribution is -2.01. The van der Waals surface area contributed by atoms with Crippen LogP contribution in [0.4, 0.5) is 8.78 Å². The van der Waals surface area contributed by atoms with Gasteiger partial charge >= 0.3 is 6.61 Å². The number of rotatable bonds is 5. The van der Waals surface area contributed by atoms with Gasteiger partial charge in [-0.25, -0.2) is 4.98 Å². The highest BCUT2D eigenvalue weighted by Gasteiger charge is 2.15. The molecule has 4 aromatic rings. The third kappa shape index (κ3) is 3.91. The van der Waals surface area contributed by atoms with Crippen LogP contribution in [0.25, 0.3) is 22.3 Å². The van der Waals surface area contributed by atoms with Crippen LogP contribution in [0.3, 0.4) is 0 Å². The van der Waals surface area contributed by atoms with Gasteiger partial charge in [-0.1, -0.05) is 23.4 Å². The maximum atomic E-state index is 12.4. The standard InChI is InChI=1S/C20H13ClF2N2OS/c21-13-5-9-15(10-6-13)27-18-16-2-1-11-24-19(16)25-17(18)12-3-7-14(8-4-12)26-20(22)23/h1-11,20H,(H,24,25). The highest BCUT2D eigenvalue weighted by molar-refractivity contribution is 7.99. The van der Waals surface area contributed by atoms with Crippen LogP contribution in [0.1, 0.15) is 0 Å². The number of hydrogen-bond acceptors (Lipinski definition) is 3. The molecule has 0 atom stereocenters. The highest BCUT2D eigenvalue weighted by Crippen LogP contribution is 2.41. The van der Waals surface area contributed by atoms with Crippen molar-refractivity contribution in [2.75, 3.05) is 0 Å². The molecule has 0 spiro atoms. The maximum Gasteiger partial charge on any atom is 0.387 e. The van der Waals surface area contributed by atoms with E-state index in [0.29, 0.717) is 5.02 Å². The minimum absolute atomic E-state index is 0.120. The molecule has 1 N–H and O–H groups in total. The van der Waals surface area contributed by atoms with Gasteiger partial charge in [-0.05, 0) is 66.2 Å². The van der Waals surface area contributed by atoms with E-state index in [1.54, 1.807) is 30.1 Å². The van der Waals surface area contributed by atoms with E-state index in [1.807, 2.05) is 36.4 Å². The molecule has 4 rings (SSSR count). The lowest BCUT2D eigenvalue weighted by molar-refractivity contribution is -0.0498. The molecular formula is C20H13ClF2N2OS. The third-order valence-electron chi connectivity index (χ3n) is 3.92. The minimum atomic E-state index is -2.84. The van der Waals surface area contributed by atoms with Crippen molar-refractivity contribution in [3.63, 3.8) is 0 Å². The topological polar surface area (TPSA) is 37.9 Å². The minimum Gasteiger partial charge on any atom is -0.435 e. The number of nitrogens with one attached hydrogen (secondary N) is 1. The molecule has 0 aliphatic rings. The Morgan fingerprint density at radius 1 is 1.00 bits per heavy atom. The molecule has 0 fully saturated rings. The van der Waals surface area contributed by atoms with Crippen molar-refractivity contribution >= 4 is 34.4 Å². The molecule has 0 amide bonds. The zero-order chi connectivity index (χ0) is 18.8. The van der Waals surface area contributed by atoms with Gasteiger partial charge in [0.25, 0.3) is 0 Å². The lowest BCUT2D eigenvalue weighted by Gasteiger charge is -2.07. The van der Waals surface area contributed by atoms with E-state index in [1.165, 1.54) is 12.1 Å². The number of ether oxygens (including phenoxy) is 1. The molecular weight excluding hydrogens is 390 g/mol. The number of hydrogen-bond donors (Lipinski definition) is 1. The number of alkyl halides is 2. The van der Waals surface area contributed by atoms with Crippen LogP contribution in [0.15, 0.2) is 76.7 Å². The summed E-state index contributed by atoms with van der Waals surface area (Å²) in [5.41, 5.74) is 2.48. The quantitative estimate of drug-likeness (QED) is 0.406. The molecule has 0 unspecified atom stereocenters. The molecule has 136 valence electrons. The number of H-pyrrole nitrogens is 1. The first-order valence-corrected chi connectivity index (χ1v) is 9.25. The van der Waals surface area contributed by atoms with Gasteiger partial charge in [-0.2, -0.15) is 8.78 Å². The SMILES string of the molecule is FC(F)Oc1ccc(-c2[nH]c3ncccc3c2Sc2ccc(Cl)cc2)cc1. The largest absolute Gasteiger partial charge is 0.435 e.